The molecule has 0 amide bonds. The molecule has 4 heteroatoms. The highest BCUT2D eigenvalue weighted by Crippen LogP contribution is 2.24. The van der Waals surface area contributed by atoms with Gasteiger partial charge in [-0.3, -0.25) is 0 Å². The van der Waals surface area contributed by atoms with Crippen molar-refractivity contribution in [3.05, 3.63) is 35.9 Å². The first kappa shape index (κ1) is 17.0. The van der Waals surface area contributed by atoms with Gasteiger partial charge in [0, 0.05) is 24.4 Å². The lowest BCUT2D eigenvalue weighted by molar-refractivity contribution is -0.135. The van der Waals surface area contributed by atoms with Crippen molar-refractivity contribution in [2.24, 2.45) is 0 Å². The van der Waals surface area contributed by atoms with Crippen molar-refractivity contribution in [3.8, 4) is 0 Å². The van der Waals surface area contributed by atoms with Crippen LogP contribution in [-0.4, -0.2) is 18.8 Å². The van der Waals surface area contributed by atoms with Crippen LogP contribution in [0.25, 0.3) is 0 Å². The number of rotatable bonds is 7. The van der Waals surface area contributed by atoms with Gasteiger partial charge in [0.15, 0.2) is 0 Å². The van der Waals surface area contributed by atoms with Gasteiger partial charge < -0.3 is 5.32 Å². The molecule has 0 fully saturated rings. The lowest BCUT2D eigenvalue weighted by Gasteiger charge is -2.28. The van der Waals surface area contributed by atoms with E-state index in [1.807, 2.05) is 25.1 Å². The van der Waals surface area contributed by atoms with Gasteiger partial charge in [0.05, 0.1) is 0 Å². The zero-order chi connectivity index (χ0) is 15.2. The summed E-state index contributed by atoms with van der Waals surface area (Å²) in [6.07, 6.45) is -4.00. The van der Waals surface area contributed by atoms with Crippen LogP contribution < -0.4 is 5.32 Å². The van der Waals surface area contributed by atoms with E-state index in [1.165, 1.54) is 5.56 Å². The topological polar surface area (TPSA) is 12.0 Å². The van der Waals surface area contributed by atoms with Gasteiger partial charge in [-0.05, 0) is 25.3 Å². The molecule has 114 valence electrons. The van der Waals surface area contributed by atoms with Crippen molar-refractivity contribution in [1.82, 2.24) is 5.32 Å². The number of halogens is 3. The van der Waals surface area contributed by atoms with E-state index in [4.69, 9.17) is 0 Å². The van der Waals surface area contributed by atoms with Crippen LogP contribution in [0.2, 0.25) is 0 Å². The predicted molar refractivity (Wildman–Crippen MR) is 76.8 cm³/mol. The summed E-state index contributed by atoms with van der Waals surface area (Å²) in [6.45, 7) is 6.97. The van der Waals surface area contributed by atoms with Crippen molar-refractivity contribution < 1.29 is 13.2 Å². The average molecular weight is 287 g/mol. The molecule has 1 aromatic carbocycles. The van der Waals surface area contributed by atoms with Crippen molar-refractivity contribution in [1.29, 1.82) is 0 Å². The molecule has 0 aromatic heterocycles. The zero-order valence-corrected chi connectivity index (χ0v) is 12.4. The first-order valence-electron chi connectivity index (χ1n) is 7.06. The van der Waals surface area contributed by atoms with Gasteiger partial charge >= 0.3 is 6.18 Å². The Hall–Kier alpha value is -1.03. The summed E-state index contributed by atoms with van der Waals surface area (Å²) in [5.41, 5.74) is 1.20. The maximum Gasteiger partial charge on any atom is 0.389 e. The molecule has 1 atom stereocenters. The summed E-state index contributed by atoms with van der Waals surface area (Å²) >= 11 is 0. The fourth-order valence-electron chi connectivity index (χ4n) is 2.13. The minimum absolute atomic E-state index is 0.0282. The average Bonchev–Trinajstić information content (AvgIpc) is 2.36. The van der Waals surface area contributed by atoms with E-state index in [0.29, 0.717) is 6.42 Å². The van der Waals surface area contributed by atoms with E-state index in [2.05, 4.69) is 31.3 Å². The van der Waals surface area contributed by atoms with Crippen LogP contribution in [0.4, 0.5) is 13.2 Å². The smallest absolute Gasteiger partial charge is 0.313 e. The second-order valence-corrected chi connectivity index (χ2v) is 6.04. The Bertz CT molecular complexity index is 384. The third kappa shape index (κ3) is 6.42. The first-order valence-corrected chi connectivity index (χ1v) is 7.06. The molecule has 0 spiro atoms. The second kappa shape index (κ2) is 7.11. The normalized spacial score (nSPS) is 14.3. The van der Waals surface area contributed by atoms with Gasteiger partial charge in [-0.15, -0.1) is 0 Å². The number of nitrogens with one attached hydrogen (secondary N) is 1. The molecule has 0 aliphatic rings. The maximum absolute atomic E-state index is 12.1. The van der Waals surface area contributed by atoms with E-state index in [-0.39, 0.29) is 17.9 Å². The van der Waals surface area contributed by atoms with Crippen LogP contribution in [-0.2, 0) is 5.41 Å². The summed E-state index contributed by atoms with van der Waals surface area (Å²) in [7, 11) is 0. The molecule has 20 heavy (non-hydrogen) atoms. The number of hydrogen-bond acceptors (Lipinski definition) is 1. The highest BCUT2D eigenvalue weighted by molar-refractivity contribution is 5.23. The summed E-state index contributed by atoms with van der Waals surface area (Å²) < 4.78 is 36.2. The van der Waals surface area contributed by atoms with Crippen molar-refractivity contribution >= 4 is 0 Å². The quantitative estimate of drug-likeness (QED) is 0.768. The van der Waals surface area contributed by atoms with Crippen LogP contribution in [0.15, 0.2) is 30.3 Å². The largest absolute Gasteiger partial charge is 0.389 e. The van der Waals surface area contributed by atoms with Gasteiger partial charge in [-0.25, -0.2) is 0 Å². The summed E-state index contributed by atoms with van der Waals surface area (Å²) in [5, 5.41) is 3.34. The molecule has 0 saturated carbocycles. The molecule has 1 unspecified atom stereocenters. The number of benzene rings is 1. The van der Waals surface area contributed by atoms with Crippen molar-refractivity contribution in [2.45, 2.75) is 57.7 Å². The van der Waals surface area contributed by atoms with Gasteiger partial charge in [0.2, 0.25) is 0 Å². The van der Waals surface area contributed by atoms with Crippen molar-refractivity contribution in [3.63, 3.8) is 0 Å². The Morgan fingerprint density at radius 2 is 1.70 bits per heavy atom. The van der Waals surface area contributed by atoms with Crippen LogP contribution in [0, 0.1) is 0 Å². The van der Waals surface area contributed by atoms with Gasteiger partial charge in [0.1, 0.15) is 0 Å². The standard InChI is InChI=1S/C16H24F3N/c1-13(8-7-11-16(17,18)19)20-12-15(2,3)14-9-5-4-6-10-14/h4-6,9-10,13,20H,7-8,11-12H2,1-3H3. The van der Waals surface area contributed by atoms with E-state index in [9.17, 15) is 13.2 Å². The molecule has 0 saturated heterocycles. The highest BCUT2D eigenvalue weighted by Gasteiger charge is 2.26. The molecule has 1 aromatic rings. The lowest BCUT2D eigenvalue weighted by Crippen LogP contribution is -2.38. The molecule has 0 aliphatic carbocycles. The lowest BCUT2D eigenvalue weighted by atomic mass is 9.84. The maximum atomic E-state index is 12.1. The van der Waals surface area contributed by atoms with Crippen LogP contribution in [0.1, 0.15) is 45.6 Å². The van der Waals surface area contributed by atoms with E-state index in [1.54, 1.807) is 0 Å². The van der Waals surface area contributed by atoms with Gasteiger partial charge in [0.25, 0.3) is 0 Å². The minimum atomic E-state index is -4.04. The van der Waals surface area contributed by atoms with E-state index in [0.717, 1.165) is 6.54 Å². The van der Waals surface area contributed by atoms with E-state index < -0.39 is 12.6 Å². The number of hydrogen-bond donors (Lipinski definition) is 1. The van der Waals surface area contributed by atoms with Gasteiger partial charge in [-0.1, -0.05) is 44.2 Å². The van der Waals surface area contributed by atoms with Crippen molar-refractivity contribution in [2.75, 3.05) is 6.54 Å². The van der Waals surface area contributed by atoms with Crippen LogP contribution in [0.5, 0.6) is 0 Å². The van der Waals surface area contributed by atoms with Crippen LogP contribution >= 0.6 is 0 Å². The Kier molecular flexibility index (Phi) is 6.06. The monoisotopic (exact) mass is 287 g/mol. The molecule has 0 bridgehead atoms. The highest BCUT2D eigenvalue weighted by atomic mass is 19.4. The molecule has 0 heterocycles. The molecule has 0 aliphatic heterocycles. The molecule has 1 N–H and O–H groups in total. The molecule has 1 nitrogen and oxygen atoms in total. The molecular weight excluding hydrogens is 263 g/mol. The number of alkyl halides is 3. The Morgan fingerprint density at radius 1 is 1.10 bits per heavy atom. The minimum Gasteiger partial charge on any atom is -0.313 e. The fraction of sp³-hybridized carbons (Fsp3) is 0.625. The summed E-state index contributed by atoms with van der Waals surface area (Å²) in [4.78, 5) is 0. The molecule has 1 rings (SSSR count). The van der Waals surface area contributed by atoms with Gasteiger partial charge in [-0.2, -0.15) is 13.2 Å². The summed E-state index contributed by atoms with van der Waals surface area (Å²) in [5.74, 6) is 0. The Labute approximate surface area is 119 Å². The summed E-state index contributed by atoms with van der Waals surface area (Å²) in [6, 6.07) is 10.2. The Balaban J connectivity index is 2.35. The van der Waals surface area contributed by atoms with Crippen LogP contribution in [0.3, 0.4) is 0 Å². The van der Waals surface area contributed by atoms with E-state index >= 15 is 0 Å². The third-order valence-corrected chi connectivity index (χ3v) is 3.55. The predicted octanol–water partition coefficient (Wildman–Crippen LogP) is 4.67. The Morgan fingerprint density at radius 3 is 2.25 bits per heavy atom. The first-order chi connectivity index (χ1) is 9.21. The third-order valence-electron chi connectivity index (χ3n) is 3.55. The second-order valence-electron chi connectivity index (χ2n) is 6.04. The molecular formula is C16H24F3N. The SMILES string of the molecule is CC(CCCC(F)(F)F)NCC(C)(C)c1ccccc1. The fourth-order valence-corrected chi connectivity index (χ4v) is 2.13. The molecule has 0 radical (unpaired) electrons. The zero-order valence-electron chi connectivity index (χ0n) is 12.4.